The molecule has 0 aromatic rings. The molecule has 0 saturated carbocycles. The van der Waals surface area contributed by atoms with E-state index in [-0.39, 0.29) is 18.1 Å². The molecular formula is C11H23NO4. The van der Waals surface area contributed by atoms with Crippen LogP contribution in [0, 0.1) is 0 Å². The van der Waals surface area contributed by atoms with Crippen LogP contribution >= 0.6 is 0 Å². The Morgan fingerprint density at radius 2 is 2.06 bits per heavy atom. The first-order chi connectivity index (χ1) is 7.52. The Bertz CT molecular complexity index is 194. The summed E-state index contributed by atoms with van der Waals surface area (Å²) in [7, 11) is 1.67. The molecule has 5 nitrogen and oxygen atoms in total. The van der Waals surface area contributed by atoms with Crippen molar-refractivity contribution < 1.29 is 19.0 Å². The predicted octanol–water partition coefficient (Wildman–Crippen LogP) is 0.581. The summed E-state index contributed by atoms with van der Waals surface area (Å²) in [6.07, 6.45) is 0. The van der Waals surface area contributed by atoms with Crippen molar-refractivity contribution in [1.82, 2.24) is 5.32 Å². The maximum Gasteiger partial charge on any atom is 0.332 e. The van der Waals surface area contributed by atoms with E-state index in [0.29, 0.717) is 26.4 Å². The average molecular weight is 233 g/mol. The largest absolute Gasteiger partial charge is 0.464 e. The number of esters is 1. The number of carbonyl (C=O) groups excluding carboxylic acids is 1. The maximum absolute atomic E-state index is 10.9. The van der Waals surface area contributed by atoms with Crippen LogP contribution in [0.5, 0.6) is 0 Å². The van der Waals surface area contributed by atoms with Crippen LogP contribution in [0.3, 0.4) is 0 Å². The van der Waals surface area contributed by atoms with Crippen molar-refractivity contribution in [1.29, 1.82) is 0 Å². The third-order valence-corrected chi connectivity index (χ3v) is 1.88. The molecule has 0 amide bonds. The van der Waals surface area contributed by atoms with Crippen molar-refractivity contribution in [2.75, 3.05) is 40.1 Å². The van der Waals surface area contributed by atoms with Gasteiger partial charge in [-0.05, 0) is 20.8 Å². The van der Waals surface area contributed by atoms with Crippen molar-refractivity contribution in [2.45, 2.75) is 26.3 Å². The van der Waals surface area contributed by atoms with Gasteiger partial charge in [0, 0.05) is 19.2 Å². The lowest BCUT2D eigenvalue weighted by Gasteiger charge is -2.25. The Balaban J connectivity index is 3.42. The summed E-state index contributed by atoms with van der Waals surface area (Å²) in [4.78, 5) is 10.9. The van der Waals surface area contributed by atoms with Crippen LogP contribution in [-0.2, 0) is 19.0 Å². The van der Waals surface area contributed by atoms with Crippen LogP contribution in [0.15, 0.2) is 0 Å². The van der Waals surface area contributed by atoms with E-state index in [0.717, 1.165) is 0 Å². The first-order valence-electron chi connectivity index (χ1n) is 5.49. The van der Waals surface area contributed by atoms with Crippen LogP contribution in [0.25, 0.3) is 0 Å². The molecule has 0 fully saturated rings. The Morgan fingerprint density at radius 3 is 2.62 bits per heavy atom. The van der Waals surface area contributed by atoms with E-state index in [4.69, 9.17) is 14.2 Å². The number of methoxy groups -OCH3 is 1. The standard InChI is InChI=1S/C11H23NO4/c1-5-16-10(13)8-15-7-6-12-11(2,3)9-14-4/h12H,5-9H2,1-4H3. The molecule has 5 heteroatoms. The molecule has 0 saturated heterocycles. The molecule has 1 N–H and O–H groups in total. The molecule has 0 radical (unpaired) electrons. The Labute approximate surface area is 97.4 Å². The molecule has 96 valence electrons. The van der Waals surface area contributed by atoms with Gasteiger partial charge in [0.05, 0.1) is 19.8 Å². The fraction of sp³-hybridized carbons (Fsp3) is 0.909. The van der Waals surface area contributed by atoms with E-state index in [1.54, 1.807) is 14.0 Å². The first-order valence-corrected chi connectivity index (χ1v) is 5.49. The lowest BCUT2D eigenvalue weighted by molar-refractivity contribution is -0.148. The minimum atomic E-state index is -0.321. The average Bonchev–Trinajstić information content (AvgIpc) is 2.17. The van der Waals surface area contributed by atoms with E-state index < -0.39 is 0 Å². The smallest absolute Gasteiger partial charge is 0.332 e. The number of rotatable bonds is 9. The molecular weight excluding hydrogens is 210 g/mol. The zero-order valence-electron chi connectivity index (χ0n) is 10.7. The highest BCUT2D eigenvalue weighted by atomic mass is 16.6. The second-order valence-electron chi connectivity index (χ2n) is 4.10. The minimum absolute atomic E-state index is 0.0141. The molecule has 0 aromatic heterocycles. The van der Waals surface area contributed by atoms with Crippen molar-refractivity contribution in [2.24, 2.45) is 0 Å². The van der Waals surface area contributed by atoms with Crippen LogP contribution in [0.1, 0.15) is 20.8 Å². The monoisotopic (exact) mass is 233 g/mol. The third-order valence-electron chi connectivity index (χ3n) is 1.88. The van der Waals surface area contributed by atoms with Gasteiger partial charge in [-0.15, -0.1) is 0 Å². The van der Waals surface area contributed by atoms with Gasteiger partial charge in [-0.2, -0.15) is 0 Å². The molecule has 0 rings (SSSR count). The van der Waals surface area contributed by atoms with Gasteiger partial charge in [-0.25, -0.2) is 4.79 Å². The fourth-order valence-corrected chi connectivity index (χ4v) is 1.23. The van der Waals surface area contributed by atoms with Gasteiger partial charge in [-0.3, -0.25) is 0 Å². The summed E-state index contributed by atoms with van der Waals surface area (Å²) in [6.45, 7) is 8.05. The number of hydrogen-bond acceptors (Lipinski definition) is 5. The number of carbonyl (C=O) groups is 1. The van der Waals surface area contributed by atoms with Crippen LogP contribution in [0.4, 0.5) is 0 Å². The maximum atomic E-state index is 10.9. The van der Waals surface area contributed by atoms with E-state index in [2.05, 4.69) is 5.32 Å². The summed E-state index contributed by atoms with van der Waals surface area (Å²) in [5.74, 6) is -0.321. The van der Waals surface area contributed by atoms with Crippen molar-refractivity contribution in [3.8, 4) is 0 Å². The quantitative estimate of drug-likeness (QED) is 0.466. The normalized spacial score (nSPS) is 11.5. The van der Waals surface area contributed by atoms with E-state index in [9.17, 15) is 4.79 Å². The fourth-order valence-electron chi connectivity index (χ4n) is 1.23. The summed E-state index contributed by atoms with van der Waals surface area (Å²) in [5.41, 5.74) is -0.0813. The predicted molar refractivity (Wildman–Crippen MR) is 61.4 cm³/mol. The summed E-state index contributed by atoms with van der Waals surface area (Å²) in [6, 6.07) is 0. The molecule has 0 aliphatic rings. The van der Waals surface area contributed by atoms with Crippen molar-refractivity contribution in [3.05, 3.63) is 0 Å². The summed E-state index contributed by atoms with van der Waals surface area (Å²) < 4.78 is 14.9. The van der Waals surface area contributed by atoms with Crippen molar-refractivity contribution >= 4 is 5.97 Å². The highest BCUT2D eigenvalue weighted by Gasteiger charge is 2.15. The zero-order valence-corrected chi connectivity index (χ0v) is 10.7. The zero-order chi connectivity index (χ0) is 12.4. The number of ether oxygens (including phenoxy) is 3. The van der Waals surface area contributed by atoms with Gasteiger partial charge in [0.15, 0.2) is 0 Å². The van der Waals surface area contributed by atoms with E-state index >= 15 is 0 Å². The molecule has 0 bridgehead atoms. The SMILES string of the molecule is CCOC(=O)COCCNC(C)(C)COC. The molecule has 0 spiro atoms. The third kappa shape index (κ3) is 8.64. The van der Waals surface area contributed by atoms with Crippen LogP contribution < -0.4 is 5.32 Å². The van der Waals surface area contributed by atoms with Gasteiger partial charge >= 0.3 is 5.97 Å². The topological polar surface area (TPSA) is 56.8 Å². The molecule has 0 atom stereocenters. The molecule has 0 aliphatic heterocycles. The van der Waals surface area contributed by atoms with Crippen LogP contribution in [-0.4, -0.2) is 51.6 Å². The lowest BCUT2D eigenvalue weighted by atomic mass is 10.1. The van der Waals surface area contributed by atoms with Gasteiger partial charge in [0.1, 0.15) is 6.61 Å². The number of hydrogen-bond donors (Lipinski definition) is 1. The first kappa shape index (κ1) is 15.3. The lowest BCUT2D eigenvalue weighted by Crippen LogP contribution is -2.44. The minimum Gasteiger partial charge on any atom is -0.464 e. The molecule has 0 unspecified atom stereocenters. The Hall–Kier alpha value is -0.650. The molecule has 0 heterocycles. The Morgan fingerprint density at radius 1 is 1.38 bits per heavy atom. The van der Waals surface area contributed by atoms with E-state index in [1.165, 1.54) is 0 Å². The van der Waals surface area contributed by atoms with Crippen LogP contribution in [0.2, 0.25) is 0 Å². The number of nitrogens with one attached hydrogen (secondary N) is 1. The van der Waals surface area contributed by atoms with Gasteiger partial charge in [0.25, 0.3) is 0 Å². The summed E-state index contributed by atoms with van der Waals surface area (Å²) in [5, 5.41) is 3.26. The van der Waals surface area contributed by atoms with Crippen molar-refractivity contribution in [3.63, 3.8) is 0 Å². The van der Waals surface area contributed by atoms with Gasteiger partial charge < -0.3 is 19.5 Å². The highest BCUT2D eigenvalue weighted by molar-refractivity contribution is 5.70. The van der Waals surface area contributed by atoms with Gasteiger partial charge in [-0.1, -0.05) is 0 Å². The van der Waals surface area contributed by atoms with Gasteiger partial charge in [0.2, 0.25) is 0 Å². The Kier molecular flexibility index (Phi) is 8.15. The molecule has 0 aliphatic carbocycles. The second kappa shape index (κ2) is 8.50. The summed E-state index contributed by atoms with van der Waals surface area (Å²) >= 11 is 0. The molecule has 16 heavy (non-hydrogen) atoms. The second-order valence-corrected chi connectivity index (χ2v) is 4.10. The highest BCUT2D eigenvalue weighted by Crippen LogP contribution is 2.00. The molecule has 0 aromatic carbocycles. The van der Waals surface area contributed by atoms with E-state index in [1.807, 2.05) is 13.8 Å².